The number of H-pyrrole nitrogens is 1. The average molecular weight is 293 g/mol. The molecule has 0 saturated heterocycles. The molecule has 7 nitrogen and oxygen atoms in total. The fraction of sp³-hybridized carbons (Fsp3) is 0.0667. The third-order valence-corrected chi connectivity index (χ3v) is 3.43. The Morgan fingerprint density at radius 1 is 1.14 bits per heavy atom. The van der Waals surface area contributed by atoms with Gasteiger partial charge in [-0.2, -0.15) is 5.21 Å². The molecule has 2 aromatic carbocycles. The lowest BCUT2D eigenvalue weighted by Gasteiger charge is -2.05. The van der Waals surface area contributed by atoms with Gasteiger partial charge in [0, 0.05) is 5.56 Å². The van der Waals surface area contributed by atoms with Crippen molar-refractivity contribution in [2.24, 2.45) is 0 Å². The summed E-state index contributed by atoms with van der Waals surface area (Å²) in [5.41, 5.74) is 2.44. The summed E-state index contributed by atoms with van der Waals surface area (Å²) in [6, 6.07) is 13.3. The summed E-state index contributed by atoms with van der Waals surface area (Å²) in [6.07, 6.45) is 0. The van der Waals surface area contributed by atoms with E-state index in [0.29, 0.717) is 11.6 Å². The van der Waals surface area contributed by atoms with E-state index in [1.165, 1.54) is 0 Å². The number of nitrogens with zero attached hydrogens (tertiary/aromatic N) is 4. The van der Waals surface area contributed by atoms with Crippen LogP contribution in [0.15, 0.2) is 47.0 Å². The van der Waals surface area contributed by atoms with Crippen LogP contribution in [-0.2, 0) is 0 Å². The number of ether oxygens (including phenoxy) is 1. The molecule has 1 N–H and O–H groups in total. The highest BCUT2D eigenvalue weighted by molar-refractivity contribution is 5.95. The second-order valence-corrected chi connectivity index (χ2v) is 4.68. The Bertz CT molecular complexity index is 930. The second kappa shape index (κ2) is 4.96. The highest BCUT2D eigenvalue weighted by atomic mass is 16.5. The Morgan fingerprint density at radius 2 is 2.05 bits per heavy atom. The third kappa shape index (κ3) is 1.91. The van der Waals surface area contributed by atoms with Crippen LogP contribution in [0.5, 0.6) is 5.75 Å². The van der Waals surface area contributed by atoms with Crippen LogP contribution in [0, 0.1) is 0 Å². The van der Waals surface area contributed by atoms with Crippen molar-refractivity contribution < 1.29 is 9.26 Å². The van der Waals surface area contributed by atoms with Gasteiger partial charge in [0.1, 0.15) is 11.3 Å². The van der Waals surface area contributed by atoms with Crippen LogP contribution in [0.4, 0.5) is 0 Å². The molecular formula is C15H11N5O2. The van der Waals surface area contributed by atoms with E-state index in [1.54, 1.807) is 7.11 Å². The Hall–Kier alpha value is -3.22. The highest BCUT2D eigenvalue weighted by Gasteiger charge is 2.16. The molecule has 7 heteroatoms. The van der Waals surface area contributed by atoms with Gasteiger partial charge in [-0.15, -0.1) is 10.2 Å². The average Bonchev–Trinajstić information content (AvgIpc) is 3.23. The van der Waals surface area contributed by atoms with E-state index in [2.05, 4.69) is 25.8 Å². The maximum absolute atomic E-state index is 5.52. The van der Waals surface area contributed by atoms with Crippen molar-refractivity contribution in [1.82, 2.24) is 25.8 Å². The van der Waals surface area contributed by atoms with E-state index in [4.69, 9.17) is 9.26 Å². The summed E-state index contributed by atoms with van der Waals surface area (Å²) >= 11 is 0. The number of fused-ring (bicyclic) bond motifs is 1. The summed E-state index contributed by atoms with van der Waals surface area (Å²) in [4.78, 5) is 0. The number of hydrogen-bond acceptors (Lipinski definition) is 6. The van der Waals surface area contributed by atoms with Gasteiger partial charge in [0.25, 0.3) is 0 Å². The van der Waals surface area contributed by atoms with Crippen molar-refractivity contribution in [2.45, 2.75) is 0 Å². The lowest BCUT2D eigenvalue weighted by atomic mass is 10.1. The zero-order valence-corrected chi connectivity index (χ0v) is 11.6. The minimum atomic E-state index is 0.522. The van der Waals surface area contributed by atoms with Gasteiger partial charge in [-0.3, -0.25) is 0 Å². The van der Waals surface area contributed by atoms with E-state index < -0.39 is 0 Å². The fourth-order valence-electron chi connectivity index (χ4n) is 2.39. The molecule has 2 aromatic heterocycles. The van der Waals surface area contributed by atoms with Crippen LogP contribution in [0.25, 0.3) is 33.6 Å². The smallest absolute Gasteiger partial charge is 0.204 e. The van der Waals surface area contributed by atoms with Gasteiger partial charge >= 0.3 is 0 Å². The van der Waals surface area contributed by atoms with Crippen molar-refractivity contribution in [2.75, 3.05) is 7.11 Å². The molecule has 0 amide bonds. The van der Waals surface area contributed by atoms with E-state index in [-0.39, 0.29) is 0 Å². The predicted molar refractivity (Wildman–Crippen MR) is 79.2 cm³/mol. The normalized spacial score (nSPS) is 11.0. The molecule has 0 atom stereocenters. The SMILES string of the molecule is COc1ccccc1-c1onc2ccc(-c3nn[nH]n3)cc12. The zero-order valence-electron chi connectivity index (χ0n) is 11.6. The number of tetrazole rings is 1. The van der Waals surface area contributed by atoms with Crippen LogP contribution in [0.1, 0.15) is 0 Å². The summed E-state index contributed by atoms with van der Waals surface area (Å²) in [7, 11) is 1.63. The Balaban J connectivity index is 1.93. The minimum absolute atomic E-state index is 0.522. The van der Waals surface area contributed by atoms with Gasteiger partial charge in [-0.1, -0.05) is 17.3 Å². The van der Waals surface area contributed by atoms with E-state index >= 15 is 0 Å². The topological polar surface area (TPSA) is 89.7 Å². The number of benzene rings is 2. The largest absolute Gasteiger partial charge is 0.496 e. The van der Waals surface area contributed by atoms with Crippen molar-refractivity contribution in [1.29, 1.82) is 0 Å². The molecular weight excluding hydrogens is 282 g/mol. The minimum Gasteiger partial charge on any atom is -0.496 e. The van der Waals surface area contributed by atoms with Crippen molar-refractivity contribution in [3.63, 3.8) is 0 Å². The van der Waals surface area contributed by atoms with Gasteiger partial charge in [0.05, 0.1) is 18.1 Å². The van der Waals surface area contributed by atoms with Gasteiger partial charge in [-0.25, -0.2) is 0 Å². The van der Waals surface area contributed by atoms with Gasteiger partial charge < -0.3 is 9.26 Å². The maximum atomic E-state index is 5.52. The van der Waals surface area contributed by atoms with Crippen LogP contribution < -0.4 is 4.74 Å². The summed E-state index contributed by atoms with van der Waals surface area (Å²) in [5, 5.41) is 19.0. The molecule has 4 rings (SSSR count). The van der Waals surface area contributed by atoms with Gasteiger partial charge in [0.15, 0.2) is 5.76 Å². The number of nitrogens with one attached hydrogen (secondary N) is 1. The predicted octanol–water partition coefficient (Wildman–Crippen LogP) is 2.68. The van der Waals surface area contributed by atoms with Crippen LogP contribution in [-0.4, -0.2) is 32.9 Å². The fourth-order valence-corrected chi connectivity index (χ4v) is 2.39. The molecule has 0 radical (unpaired) electrons. The van der Waals surface area contributed by atoms with Crippen molar-refractivity contribution in [3.05, 3.63) is 42.5 Å². The van der Waals surface area contributed by atoms with Crippen LogP contribution in [0.2, 0.25) is 0 Å². The van der Waals surface area contributed by atoms with Crippen molar-refractivity contribution in [3.8, 4) is 28.5 Å². The van der Waals surface area contributed by atoms with Gasteiger partial charge in [-0.05, 0) is 35.5 Å². The molecule has 0 bridgehead atoms. The molecule has 2 heterocycles. The molecule has 0 aliphatic carbocycles. The molecule has 4 aromatic rings. The number of aromatic amines is 1. The number of para-hydroxylation sites is 1. The first-order chi connectivity index (χ1) is 10.9. The first-order valence-corrected chi connectivity index (χ1v) is 6.63. The number of aromatic nitrogens is 5. The van der Waals surface area contributed by atoms with E-state index in [9.17, 15) is 0 Å². The quantitative estimate of drug-likeness (QED) is 0.624. The van der Waals surface area contributed by atoms with Crippen molar-refractivity contribution >= 4 is 10.9 Å². The maximum Gasteiger partial charge on any atom is 0.204 e. The zero-order chi connectivity index (χ0) is 14.9. The monoisotopic (exact) mass is 293 g/mol. The number of hydrogen-bond donors (Lipinski definition) is 1. The number of methoxy groups -OCH3 is 1. The van der Waals surface area contributed by atoms with Crippen LogP contribution in [0.3, 0.4) is 0 Å². The standard InChI is InChI=1S/C15H11N5O2/c1-21-13-5-3-2-4-10(13)14-11-8-9(15-16-19-20-17-15)6-7-12(11)18-22-14/h2-8H,1H3,(H,16,17,19,20). The third-order valence-electron chi connectivity index (χ3n) is 3.43. The highest BCUT2D eigenvalue weighted by Crippen LogP contribution is 2.36. The van der Waals surface area contributed by atoms with Crippen LogP contribution >= 0.6 is 0 Å². The lowest BCUT2D eigenvalue weighted by Crippen LogP contribution is -1.87. The second-order valence-electron chi connectivity index (χ2n) is 4.68. The molecule has 0 fully saturated rings. The van der Waals surface area contributed by atoms with E-state index in [0.717, 1.165) is 27.8 Å². The molecule has 108 valence electrons. The molecule has 0 aliphatic heterocycles. The first-order valence-electron chi connectivity index (χ1n) is 6.63. The molecule has 0 spiro atoms. The summed E-state index contributed by atoms with van der Waals surface area (Å²) in [6.45, 7) is 0. The molecule has 22 heavy (non-hydrogen) atoms. The van der Waals surface area contributed by atoms with E-state index in [1.807, 2.05) is 42.5 Å². The molecule has 0 saturated carbocycles. The van der Waals surface area contributed by atoms with Gasteiger partial charge in [0.2, 0.25) is 5.82 Å². The first kappa shape index (κ1) is 12.5. The summed E-state index contributed by atoms with van der Waals surface area (Å²) in [5.74, 6) is 1.90. The number of rotatable bonds is 3. The Labute approximate surface area is 124 Å². The Morgan fingerprint density at radius 3 is 2.86 bits per heavy atom. The molecule has 0 aliphatic rings. The molecule has 0 unspecified atom stereocenters. The summed E-state index contributed by atoms with van der Waals surface area (Å²) < 4.78 is 10.9. The lowest BCUT2D eigenvalue weighted by molar-refractivity contribution is 0.408. The Kier molecular flexibility index (Phi) is 2.82.